The van der Waals surface area contributed by atoms with E-state index in [9.17, 15) is 4.39 Å². The van der Waals surface area contributed by atoms with E-state index >= 15 is 0 Å². The highest BCUT2D eigenvalue weighted by Crippen LogP contribution is 2.31. The first kappa shape index (κ1) is 11.4. The highest BCUT2D eigenvalue weighted by atomic mass is 35.5. The predicted octanol–water partition coefficient (Wildman–Crippen LogP) is 1.79. The quantitative estimate of drug-likeness (QED) is 0.863. The van der Waals surface area contributed by atoms with E-state index in [1.807, 2.05) is 0 Å². The molecule has 1 aliphatic rings. The van der Waals surface area contributed by atoms with Crippen molar-refractivity contribution in [3.05, 3.63) is 23.0 Å². The Kier molecular flexibility index (Phi) is 3.48. The summed E-state index contributed by atoms with van der Waals surface area (Å²) in [5.41, 5.74) is 3.38. The summed E-state index contributed by atoms with van der Waals surface area (Å²) in [6.07, 6.45) is 0. The van der Waals surface area contributed by atoms with Gasteiger partial charge in [0.2, 0.25) is 0 Å². The largest absolute Gasteiger partial charge is 0.495 e. The van der Waals surface area contributed by atoms with Crippen LogP contribution in [0.25, 0.3) is 0 Å². The standard InChI is InChI=1S/C10H12ClFN2O2/c1-15-10-5-9(8(12)4-7(10)11)14-6-16-3-2-13-14/h4-5,13H,2-3,6H2,1H3. The number of methoxy groups -OCH3 is 1. The third kappa shape index (κ3) is 2.21. The third-order valence-electron chi connectivity index (χ3n) is 2.28. The van der Waals surface area contributed by atoms with Crippen LogP contribution in [0.4, 0.5) is 10.1 Å². The first-order chi connectivity index (χ1) is 7.72. The van der Waals surface area contributed by atoms with Crippen molar-refractivity contribution in [1.29, 1.82) is 0 Å². The maximum Gasteiger partial charge on any atom is 0.149 e. The molecule has 0 saturated carbocycles. The minimum atomic E-state index is -0.413. The van der Waals surface area contributed by atoms with E-state index < -0.39 is 5.82 Å². The molecule has 88 valence electrons. The summed E-state index contributed by atoms with van der Waals surface area (Å²) in [4.78, 5) is 0. The Labute approximate surface area is 97.9 Å². The van der Waals surface area contributed by atoms with Gasteiger partial charge in [-0.3, -0.25) is 5.01 Å². The van der Waals surface area contributed by atoms with Crippen LogP contribution in [0.3, 0.4) is 0 Å². The molecule has 1 fully saturated rings. The van der Waals surface area contributed by atoms with E-state index in [0.717, 1.165) is 0 Å². The second-order valence-electron chi connectivity index (χ2n) is 3.31. The normalized spacial score (nSPS) is 16.3. The van der Waals surface area contributed by atoms with Gasteiger partial charge in [-0.15, -0.1) is 0 Å². The molecule has 0 unspecified atom stereocenters. The van der Waals surface area contributed by atoms with Crippen molar-refractivity contribution in [2.75, 3.05) is 32.0 Å². The number of hydrazine groups is 1. The van der Waals surface area contributed by atoms with Gasteiger partial charge >= 0.3 is 0 Å². The molecule has 0 aliphatic carbocycles. The fourth-order valence-corrected chi connectivity index (χ4v) is 1.72. The summed E-state index contributed by atoms with van der Waals surface area (Å²) in [5.74, 6) is 0.0224. The second-order valence-corrected chi connectivity index (χ2v) is 3.72. The van der Waals surface area contributed by atoms with Crippen LogP contribution in [-0.2, 0) is 4.74 Å². The summed E-state index contributed by atoms with van der Waals surface area (Å²) < 4.78 is 23.9. The van der Waals surface area contributed by atoms with Crippen molar-refractivity contribution in [2.45, 2.75) is 0 Å². The zero-order valence-electron chi connectivity index (χ0n) is 8.80. The van der Waals surface area contributed by atoms with Gasteiger partial charge in [0.1, 0.15) is 18.3 Å². The number of benzene rings is 1. The molecule has 0 aromatic heterocycles. The van der Waals surface area contributed by atoms with E-state index in [2.05, 4.69) is 5.43 Å². The number of nitrogens with zero attached hydrogens (tertiary/aromatic N) is 1. The minimum Gasteiger partial charge on any atom is -0.495 e. The lowest BCUT2D eigenvalue weighted by Gasteiger charge is -2.29. The number of ether oxygens (including phenoxy) is 2. The summed E-state index contributed by atoms with van der Waals surface area (Å²) in [6, 6.07) is 2.77. The van der Waals surface area contributed by atoms with Gasteiger partial charge in [0.05, 0.1) is 24.4 Å². The van der Waals surface area contributed by atoms with Gasteiger partial charge in [0.25, 0.3) is 0 Å². The Hall–Kier alpha value is -1.04. The van der Waals surface area contributed by atoms with Crippen LogP contribution in [0.5, 0.6) is 5.75 Å². The third-order valence-corrected chi connectivity index (χ3v) is 2.58. The predicted molar refractivity (Wildman–Crippen MR) is 59.3 cm³/mol. The zero-order valence-corrected chi connectivity index (χ0v) is 9.55. The Bertz CT molecular complexity index is 383. The van der Waals surface area contributed by atoms with Gasteiger partial charge < -0.3 is 9.47 Å². The number of anilines is 1. The highest BCUT2D eigenvalue weighted by molar-refractivity contribution is 6.32. The number of hydrogen-bond acceptors (Lipinski definition) is 4. The Balaban J connectivity index is 2.31. The Morgan fingerprint density at radius 3 is 3.00 bits per heavy atom. The van der Waals surface area contributed by atoms with Gasteiger partial charge in [0.15, 0.2) is 0 Å². The van der Waals surface area contributed by atoms with Crippen LogP contribution in [-0.4, -0.2) is 27.0 Å². The van der Waals surface area contributed by atoms with Crippen molar-refractivity contribution in [3.8, 4) is 5.75 Å². The fourth-order valence-electron chi connectivity index (χ4n) is 1.49. The van der Waals surface area contributed by atoms with E-state index in [1.165, 1.54) is 13.2 Å². The molecule has 1 saturated heterocycles. The smallest absolute Gasteiger partial charge is 0.149 e. The van der Waals surface area contributed by atoms with Crippen molar-refractivity contribution < 1.29 is 13.9 Å². The molecule has 1 N–H and O–H groups in total. The molecule has 6 heteroatoms. The molecule has 1 aromatic carbocycles. The molecule has 0 bridgehead atoms. The molecule has 4 nitrogen and oxygen atoms in total. The van der Waals surface area contributed by atoms with Gasteiger partial charge in [-0.25, -0.2) is 9.82 Å². The van der Waals surface area contributed by atoms with Crippen molar-refractivity contribution in [2.24, 2.45) is 0 Å². The average molecular weight is 247 g/mol. The van der Waals surface area contributed by atoms with E-state index in [4.69, 9.17) is 21.1 Å². The molecule has 1 aromatic rings. The molecule has 0 amide bonds. The lowest BCUT2D eigenvalue weighted by atomic mass is 10.2. The molecule has 1 aliphatic heterocycles. The van der Waals surface area contributed by atoms with Crippen LogP contribution < -0.4 is 15.2 Å². The minimum absolute atomic E-state index is 0.252. The molecule has 0 spiro atoms. The topological polar surface area (TPSA) is 33.7 Å². The van der Waals surface area contributed by atoms with Crippen LogP contribution in [0, 0.1) is 5.82 Å². The van der Waals surface area contributed by atoms with E-state index in [1.54, 1.807) is 11.1 Å². The van der Waals surface area contributed by atoms with Crippen molar-refractivity contribution in [3.63, 3.8) is 0 Å². The first-order valence-corrected chi connectivity index (χ1v) is 5.22. The Morgan fingerprint density at radius 1 is 1.56 bits per heavy atom. The van der Waals surface area contributed by atoms with Gasteiger partial charge in [-0.2, -0.15) is 0 Å². The molecule has 0 atom stereocenters. The molecule has 2 rings (SSSR count). The number of rotatable bonds is 2. The summed E-state index contributed by atoms with van der Waals surface area (Å²) in [5, 5.41) is 1.83. The van der Waals surface area contributed by atoms with Crippen LogP contribution >= 0.6 is 11.6 Å². The molecule has 0 radical (unpaired) electrons. The second kappa shape index (κ2) is 4.86. The zero-order chi connectivity index (χ0) is 11.5. The van der Waals surface area contributed by atoms with Gasteiger partial charge in [-0.05, 0) is 6.07 Å². The number of nitrogens with one attached hydrogen (secondary N) is 1. The van der Waals surface area contributed by atoms with Crippen molar-refractivity contribution in [1.82, 2.24) is 5.43 Å². The van der Waals surface area contributed by atoms with Gasteiger partial charge in [-0.1, -0.05) is 11.6 Å². The van der Waals surface area contributed by atoms with Crippen LogP contribution in [0.15, 0.2) is 12.1 Å². The SMILES string of the molecule is COc1cc(N2COCCN2)c(F)cc1Cl. The number of hydrogen-bond donors (Lipinski definition) is 1. The number of halogens is 2. The van der Waals surface area contributed by atoms with Gasteiger partial charge in [0, 0.05) is 12.6 Å². The van der Waals surface area contributed by atoms with E-state index in [0.29, 0.717) is 31.3 Å². The summed E-state index contributed by atoms with van der Waals surface area (Å²) >= 11 is 5.81. The monoisotopic (exact) mass is 246 g/mol. The molecule has 16 heavy (non-hydrogen) atoms. The van der Waals surface area contributed by atoms with Crippen LogP contribution in [0.1, 0.15) is 0 Å². The molecular formula is C10H12ClFN2O2. The highest BCUT2D eigenvalue weighted by Gasteiger charge is 2.17. The van der Waals surface area contributed by atoms with E-state index in [-0.39, 0.29) is 5.02 Å². The Morgan fingerprint density at radius 2 is 2.38 bits per heavy atom. The first-order valence-electron chi connectivity index (χ1n) is 4.84. The van der Waals surface area contributed by atoms with Crippen molar-refractivity contribution >= 4 is 17.3 Å². The lowest BCUT2D eigenvalue weighted by Crippen LogP contribution is -2.46. The molecule has 1 heterocycles. The summed E-state index contributed by atoms with van der Waals surface area (Å²) in [7, 11) is 1.49. The molecular weight excluding hydrogens is 235 g/mol. The van der Waals surface area contributed by atoms with Crippen LogP contribution in [0.2, 0.25) is 5.02 Å². The average Bonchev–Trinajstić information content (AvgIpc) is 2.30. The summed E-state index contributed by atoms with van der Waals surface area (Å²) in [6.45, 7) is 1.55. The maximum absolute atomic E-state index is 13.7. The fraction of sp³-hybridized carbons (Fsp3) is 0.400. The lowest BCUT2D eigenvalue weighted by molar-refractivity contribution is 0.0966. The maximum atomic E-state index is 13.7.